The van der Waals surface area contributed by atoms with E-state index in [4.69, 9.17) is 0 Å². The monoisotopic (exact) mass is 422 g/mol. The fraction of sp³-hybridized carbons (Fsp3) is 0. The summed E-state index contributed by atoms with van der Waals surface area (Å²) in [7, 11) is -2.99. The number of rotatable bonds is 6. The van der Waals surface area contributed by atoms with E-state index >= 15 is 0 Å². The average molecular weight is 422 g/mol. The van der Waals surface area contributed by atoms with Crippen molar-refractivity contribution in [2.24, 2.45) is 0 Å². The van der Waals surface area contributed by atoms with Crippen LogP contribution in [0.4, 0.5) is 39.8 Å². The van der Waals surface area contributed by atoms with Gasteiger partial charge in [0.05, 0.1) is 0 Å². The molecule has 28 heavy (non-hydrogen) atoms. The van der Waals surface area contributed by atoms with E-state index in [1.54, 1.807) is 0 Å². The second kappa shape index (κ2) is 6.89. The molecular weight excluding hydrogens is 422 g/mol. The maximum absolute atomic E-state index is 13.4. The number of hydrogen-bond acceptors (Lipinski definition) is 6. The largest absolute Gasteiger partial charge is 0.867 e. The Labute approximate surface area is 145 Å². The molecule has 0 spiro atoms. The first-order valence-electron chi connectivity index (χ1n) is 6.40. The van der Waals surface area contributed by atoms with Gasteiger partial charge >= 0.3 is 7.32 Å². The van der Waals surface area contributed by atoms with Gasteiger partial charge in [0, 0.05) is 0 Å². The van der Waals surface area contributed by atoms with Crippen molar-refractivity contribution in [2.75, 3.05) is 0 Å². The zero-order valence-corrected chi connectivity index (χ0v) is 12.4. The molecule has 0 atom stereocenters. The summed E-state index contributed by atoms with van der Waals surface area (Å²) >= 11 is 0. The van der Waals surface area contributed by atoms with Crippen molar-refractivity contribution < 1.29 is 53.7 Å². The molecule has 3 heterocycles. The molecule has 3 rings (SSSR count). The normalized spacial score (nSPS) is 11.0. The maximum atomic E-state index is 13.4. The Morgan fingerprint density at radius 2 is 0.786 bits per heavy atom. The van der Waals surface area contributed by atoms with Crippen LogP contribution in [0.3, 0.4) is 0 Å². The lowest BCUT2D eigenvalue weighted by atomic mass is 10.2. The van der Waals surface area contributed by atoms with Gasteiger partial charge in [-0.25, -0.2) is 0 Å². The minimum atomic E-state index is -2.99. The Morgan fingerprint density at radius 1 is 0.536 bits per heavy atom. The van der Waals surface area contributed by atoms with Gasteiger partial charge in [0.1, 0.15) is 0 Å². The van der Waals surface area contributed by atoms with Gasteiger partial charge in [0.25, 0.3) is 35.5 Å². The van der Waals surface area contributed by atoms with Crippen LogP contribution in [-0.2, 0) is 0 Å². The van der Waals surface area contributed by atoms with E-state index < -0.39 is 75.0 Å². The van der Waals surface area contributed by atoms with E-state index in [1.165, 1.54) is 0 Å². The van der Waals surface area contributed by atoms with Crippen molar-refractivity contribution in [3.05, 3.63) is 35.3 Å². The highest BCUT2D eigenvalue weighted by Gasteiger charge is 2.41. The van der Waals surface area contributed by atoms with Crippen molar-refractivity contribution in [1.29, 1.82) is 0 Å². The molecule has 0 N–H and O–H groups in total. The highest BCUT2D eigenvalue weighted by molar-refractivity contribution is 6.39. The Kier molecular flexibility index (Phi) is 4.73. The highest BCUT2D eigenvalue weighted by atomic mass is 19.2. The molecule has 3 aromatic rings. The smallest absolute Gasteiger partial charge is 0.471 e. The molecule has 0 amide bonds. The summed E-state index contributed by atoms with van der Waals surface area (Å²) in [6, 6.07) is 0. The minimum Gasteiger partial charge on any atom is -0.471 e. The standard InChI is InChI=1S/C9BF9N6O3/c11-1-4(14)20-23(17)7(1)26-10(27-8-2(12)5(15)21-24(8)18)28-9-3(13)6(16)22-25(9)19. The molecule has 0 unspecified atom stereocenters. The van der Waals surface area contributed by atoms with Gasteiger partial charge < -0.3 is 14.0 Å². The number of nitrogens with zero attached hydrogens (tertiary/aromatic N) is 6. The van der Waals surface area contributed by atoms with Gasteiger partial charge in [-0.1, -0.05) is 28.2 Å². The summed E-state index contributed by atoms with van der Waals surface area (Å²) in [5, 5.41) is 6.83. The lowest BCUT2D eigenvalue weighted by Crippen LogP contribution is -2.39. The van der Waals surface area contributed by atoms with Crippen LogP contribution < -0.4 is 14.0 Å². The maximum Gasteiger partial charge on any atom is 0.867 e. The molecule has 19 heteroatoms. The van der Waals surface area contributed by atoms with Crippen LogP contribution in [0.2, 0.25) is 0 Å². The van der Waals surface area contributed by atoms with E-state index in [-0.39, 0.29) is 0 Å². The first kappa shape index (κ1) is 19.2. The van der Waals surface area contributed by atoms with E-state index in [9.17, 15) is 39.8 Å². The molecule has 0 bridgehead atoms. The minimum absolute atomic E-state index is 1.10. The molecule has 0 radical (unpaired) electrons. The molecule has 0 aliphatic rings. The molecule has 0 saturated carbocycles. The highest BCUT2D eigenvalue weighted by Crippen LogP contribution is 2.26. The van der Waals surface area contributed by atoms with Crippen LogP contribution in [0.5, 0.6) is 17.6 Å². The SMILES string of the molecule is Fc1nn(F)c(OB(Oc2c(F)c(F)nn2F)Oc2c(F)c(F)nn2F)c1F. The molecule has 3 aromatic heterocycles. The van der Waals surface area contributed by atoms with Gasteiger partial charge in [0.2, 0.25) is 17.5 Å². The fourth-order valence-electron chi connectivity index (χ4n) is 1.64. The first-order chi connectivity index (χ1) is 13.1. The van der Waals surface area contributed by atoms with Crippen LogP contribution >= 0.6 is 0 Å². The van der Waals surface area contributed by atoms with Crippen molar-refractivity contribution in [3.8, 4) is 17.6 Å². The number of halogens is 9. The van der Waals surface area contributed by atoms with Crippen LogP contribution in [0.1, 0.15) is 0 Å². The molecule has 0 fully saturated rings. The predicted molar refractivity (Wildman–Crippen MR) is 63.6 cm³/mol. The number of hydrogen-bond donors (Lipinski definition) is 0. The summed E-state index contributed by atoms with van der Waals surface area (Å²) in [6.45, 7) is 0. The van der Waals surface area contributed by atoms with Crippen molar-refractivity contribution in [1.82, 2.24) is 30.0 Å². The zero-order valence-electron chi connectivity index (χ0n) is 12.4. The van der Waals surface area contributed by atoms with Gasteiger partial charge in [0.15, 0.2) is 0 Å². The van der Waals surface area contributed by atoms with Crippen molar-refractivity contribution >= 4 is 7.32 Å². The van der Waals surface area contributed by atoms with E-state index in [0.29, 0.717) is 0 Å². The molecule has 0 saturated heterocycles. The van der Waals surface area contributed by atoms with Crippen molar-refractivity contribution in [3.63, 3.8) is 0 Å². The molecular formula is C9BF9N6O3. The summed E-state index contributed by atoms with van der Waals surface area (Å²) in [4.78, 5) is -3.30. The van der Waals surface area contributed by atoms with Crippen LogP contribution in [0.15, 0.2) is 0 Å². The van der Waals surface area contributed by atoms with Crippen LogP contribution in [0.25, 0.3) is 0 Å². The van der Waals surface area contributed by atoms with E-state index in [0.717, 1.165) is 0 Å². The van der Waals surface area contributed by atoms with Crippen LogP contribution in [-0.4, -0.2) is 37.3 Å². The quantitative estimate of drug-likeness (QED) is 0.446. The zero-order chi connectivity index (χ0) is 20.7. The Hall–Kier alpha value is -3.54. The Bertz CT molecular complexity index is 909. The number of aromatic nitrogens is 6. The predicted octanol–water partition coefficient (Wildman–Crippen LogP) is 1.83. The Balaban J connectivity index is 1.97. The third kappa shape index (κ3) is 3.25. The third-order valence-electron chi connectivity index (χ3n) is 2.76. The lowest BCUT2D eigenvalue weighted by molar-refractivity contribution is 0.189. The first-order valence-corrected chi connectivity index (χ1v) is 6.40. The van der Waals surface area contributed by atoms with Crippen molar-refractivity contribution in [2.45, 2.75) is 0 Å². The van der Waals surface area contributed by atoms with Gasteiger partial charge in [-0.15, -0.1) is 15.3 Å². The second-order valence-electron chi connectivity index (χ2n) is 4.45. The summed E-state index contributed by atoms with van der Waals surface area (Å²) in [5.41, 5.74) is 0. The van der Waals surface area contributed by atoms with Gasteiger partial charge in [-0.05, 0) is 0 Å². The summed E-state index contributed by atoms with van der Waals surface area (Å²) in [6.07, 6.45) is 0. The average Bonchev–Trinajstić information content (AvgIpc) is 3.11. The molecule has 150 valence electrons. The molecule has 9 nitrogen and oxygen atoms in total. The molecule has 0 aliphatic carbocycles. The second-order valence-corrected chi connectivity index (χ2v) is 4.45. The van der Waals surface area contributed by atoms with E-state index in [1.807, 2.05) is 0 Å². The molecule has 0 aromatic carbocycles. The lowest BCUT2D eigenvalue weighted by Gasteiger charge is -2.13. The third-order valence-corrected chi connectivity index (χ3v) is 2.76. The van der Waals surface area contributed by atoms with Gasteiger partial charge in [-0.2, -0.15) is 26.3 Å². The fourth-order valence-corrected chi connectivity index (χ4v) is 1.64. The molecule has 0 aliphatic heterocycles. The van der Waals surface area contributed by atoms with Gasteiger partial charge in [-0.3, -0.25) is 0 Å². The topological polar surface area (TPSA) is 81.2 Å². The van der Waals surface area contributed by atoms with Crippen LogP contribution in [0, 0.1) is 35.3 Å². The summed E-state index contributed by atoms with van der Waals surface area (Å²) in [5.74, 6) is -18.1. The van der Waals surface area contributed by atoms with E-state index in [2.05, 4.69) is 29.3 Å². The summed E-state index contributed by atoms with van der Waals surface area (Å²) < 4.78 is 131. The Morgan fingerprint density at radius 3 is 0.964 bits per heavy atom.